The van der Waals surface area contributed by atoms with E-state index in [0.29, 0.717) is 11.4 Å². The molecule has 0 aliphatic rings. The number of hydrogen-bond acceptors (Lipinski definition) is 4. The van der Waals surface area contributed by atoms with Gasteiger partial charge in [-0.05, 0) is 61.5 Å². The van der Waals surface area contributed by atoms with E-state index in [1.165, 1.54) is 30.3 Å². The number of anilines is 3. The van der Waals surface area contributed by atoms with Crippen molar-refractivity contribution in [2.75, 3.05) is 10.6 Å². The summed E-state index contributed by atoms with van der Waals surface area (Å²) in [7, 11) is 0. The number of carbonyl (C=O) groups excluding carboxylic acids is 1. The fourth-order valence-electron chi connectivity index (χ4n) is 2.34. The summed E-state index contributed by atoms with van der Waals surface area (Å²) in [6, 6.07) is 11.0. The molecule has 0 aliphatic heterocycles. The fourth-order valence-corrected chi connectivity index (χ4v) is 2.34. The summed E-state index contributed by atoms with van der Waals surface area (Å²) in [6.07, 6.45) is -4.45. The average Bonchev–Trinajstić information content (AvgIpc) is 2.63. The molecule has 0 aliphatic carbocycles. The van der Waals surface area contributed by atoms with Crippen LogP contribution in [0.4, 0.5) is 34.9 Å². The Balaban J connectivity index is 1.76. The lowest BCUT2D eigenvalue weighted by atomic mass is 10.2. The van der Waals surface area contributed by atoms with E-state index in [2.05, 4.69) is 20.6 Å². The van der Waals surface area contributed by atoms with Gasteiger partial charge in [0.05, 0.1) is 5.56 Å². The van der Waals surface area contributed by atoms with Gasteiger partial charge in [-0.1, -0.05) is 0 Å². The highest BCUT2D eigenvalue weighted by atomic mass is 19.4. The van der Waals surface area contributed by atoms with Gasteiger partial charge in [-0.15, -0.1) is 0 Å². The summed E-state index contributed by atoms with van der Waals surface area (Å²) in [5, 5.41) is 5.35. The molecule has 9 heteroatoms. The van der Waals surface area contributed by atoms with Crippen molar-refractivity contribution in [1.82, 2.24) is 9.97 Å². The van der Waals surface area contributed by atoms with Crippen LogP contribution in [0, 0.1) is 12.7 Å². The number of nitrogens with one attached hydrogen (secondary N) is 2. The van der Waals surface area contributed by atoms with Crippen LogP contribution in [0.25, 0.3) is 0 Å². The SMILES string of the molecule is Cc1cc(C(=O)Nc2ccc(C(F)(F)F)cc2)nc(Nc2ccc(F)cc2)n1. The maximum atomic E-state index is 13.0. The number of nitrogens with zero attached hydrogens (tertiary/aromatic N) is 2. The number of rotatable bonds is 4. The molecular weight excluding hydrogens is 376 g/mol. The Morgan fingerprint density at radius 1 is 0.929 bits per heavy atom. The quantitative estimate of drug-likeness (QED) is 0.620. The van der Waals surface area contributed by atoms with Gasteiger partial charge in [0.25, 0.3) is 5.91 Å². The molecule has 0 atom stereocenters. The molecule has 0 bridgehead atoms. The lowest BCUT2D eigenvalue weighted by Gasteiger charge is -2.10. The van der Waals surface area contributed by atoms with Gasteiger partial charge in [0.2, 0.25) is 5.95 Å². The van der Waals surface area contributed by atoms with Crippen molar-refractivity contribution in [3.8, 4) is 0 Å². The van der Waals surface area contributed by atoms with Crippen molar-refractivity contribution >= 4 is 23.2 Å². The first kappa shape index (κ1) is 19.3. The van der Waals surface area contributed by atoms with E-state index in [9.17, 15) is 22.4 Å². The van der Waals surface area contributed by atoms with Gasteiger partial charge in [0.15, 0.2) is 0 Å². The third-order valence-corrected chi connectivity index (χ3v) is 3.66. The zero-order valence-corrected chi connectivity index (χ0v) is 14.5. The van der Waals surface area contributed by atoms with Crippen molar-refractivity contribution in [3.63, 3.8) is 0 Å². The van der Waals surface area contributed by atoms with Crippen molar-refractivity contribution in [2.45, 2.75) is 13.1 Å². The molecule has 3 aromatic rings. The number of alkyl halides is 3. The summed E-state index contributed by atoms with van der Waals surface area (Å²) in [5.74, 6) is -0.871. The third-order valence-electron chi connectivity index (χ3n) is 3.66. The normalized spacial score (nSPS) is 11.2. The highest BCUT2D eigenvalue weighted by Gasteiger charge is 2.30. The summed E-state index contributed by atoms with van der Waals surface area (Å²) in [6.45, 7) is 1.66. The molecule has 2 aromatic carbocycles. The van der Waals surface area contributed by atoms with Gasteiger partial charge in [-0.2, -0.15) is 13.2 Å². The summed E-state index contributed by atoms with van der Waals surface area (Å²) < 4.78 is 50.8. The predicted molar refractivity (Wildman–Crippen MR) is 95.8 cm³/mol. The summed E-state index contributed by atoms with van der Waals surface area (Å²) >= 11 is 0. The largest absolute Gasteiger partial charge is 0.416 e. The van der Waals surface area contributed by atoms with Gasteiger partial charge in [0.1, 0.15) is 11.5 Å². The smallest absolute Gasteiger partial charge is 0.324 e. The minimum Gasteiger partial charge on any atom is -0.324 e. The van der Waals surface area contributed by atoms with Crippen LogP contribution in [0.1, 0.15) is 21.7 Å². The van der Waals surface area contributed by atoms with Gasteiger partial charge in [-0.3, -0.25) is 4.79 Å². The zero-order valence-electron chi connectivity index (χ0n) is 14.5. The standard InChI is InChI=1S/C19H14F4N4O/c1-11-10-16(27-18(24-11)26-15-8-4-13(20)5-9-15)17(28)25-14-6-2-12(3-7-14)19(21,22)23/h2-10H,1H3,(H,25,28)(H,24,26,27). The van der Waals surface area contributed by atoms with E-state index in [1.54, 1.807) is 6.92 Å². The molecule has 0 saturated heterocycles. The number of aryl methyl sites for hydroxylation is 1. The van der Waals surface area contributed by atoms with Crippen LogP contribution in [0.15, 0.2) is 54.6 Å². The molecule has 3 rings (SSSR count). The average molecular weight is 390 g/mol. The van der Waals surface area contributed by atoms with Crippen LogP contribution in [0.3, 0.4) is 0 Å². The molecular formula is C19H14F4N4O. The Bertz CT molecular complexity index is 986. The summed E-state index contributed by atoms with van der Waals surface area (Å²) in [5.41, 5.74) is 0.437. The molecule has 1 heterocycles. The maximum absolute atomic E-state index is 13.0. The van der Waals surface area contributed by atoms with Crippen LogP contribution in [-0.2, 0) is 6.18 Å². The van der Waals surface area contributed by atoms with E-state index >= 15 is 0 Å². The van der Waals surface area contributed by atoms with Crippen molar-refractivity contribution in [3.05, 3.63) is 77.4 Å². The lowest BCUT2D eigenvalue weighted by molar-refractivity contribution is -0.137. The number of benzene rings is 2. The monoisotopic (exact) mass is 390 g/mol. The van der Waals surface area contributed by atoms with Crippen molar-refractivity contribution < 1.29 is 22.4 Å². The predicted octanol–water partition coefficient (Wildman–Crippen LogP) is 4.94. The van der Waals surface area contributed by atoms with E-state index in [0.717, 1.165) is 24.3 Å². The van der Waals surface area contributed by atoms with E-state index < -0.39 is 23.5 Å². The van der Waals surface area contributed by atoms with Gasteiger partial charge in [-0.25, -0.2) is 14.4 Å². The van der Waals surface area contributed by atoms with Crippen molar-refractivity contribution in [1.29, 1.82) is 0 Å². The highest BCUT2D eigenvalue weighted by Crippen LogP contribution is 2.29. The van der Waals surface area contributed by atoms with Gasteiger partial charge >= 0.3 is 6.18 Å². The van der Waals surface area contributed by atoms with Crippen LogP contribution in [0.5, 0.6) is 0 Å². The molecule has 0 radical (unpaired) electrons. The molecule has 144 valence electrons. The number of hydrogen-bond donors (Lipinski definition) is 2. The Kier molecular flexibility index (Phi) is 5.25. The molecule has 0 unspecified atom stereocenters. The van der Waals surface area contributed by atoms with E-state index in [-0.39, 0.29) is 17.3 Å². The first-order chi connectivity index (χ1) is 13.2. The van der Waals surface area contributed by atoms with Gasteiger partial charge in [0, 0.05) is 17.1 Å². The molecule has 1 amide bonds. The zero-order chi connectivity index (χ0) is 20.3. The molecule has 0 fully saturated rings. The maximum Gasteiger partial charge on any atom is 0.416 e. The second kappa shape index (κ2) is 7.63. The summed E-state index contributed by atoms with van der Waals surface area (Å²) in [4.78, 5) is 20.7. The fraction of sp³-hybridized carbons (Fsp3) is 0.105. The van der Waals surface area contributed by atoms with Gasteiger partial charge < -0.3 is 10.6 Å². The minimum absolute atomic E-state index is 0.0250. The second-order valence-corrected chi connectivity index (χ2v) is 5.88. The number of aromatic nitrogens is 2. The minimum atomic E-state index is -4.45. The van der Waals surface area contributed by atoms with Crippen LogP contribution in [0.2, 0.25) is 0 Å². The topological polar surface area (TPSA) is 66.9 Å². The van der Waals surface area contributed by atoms with Crippen LogP contribution in [-0.4, -0.2) is 15.9 Å². The lowest BCUT2D eigenvalue weighted by Crippen LogP contribution is -2.15. The molecule has 5 nitrogen and oxygen atoms in total. The Morgan fingerprint density at radius 2 is 1.54 bits per heavy atom. The third kappa shape index (κ3) is 4.81. The Hall–Kier alpha value is -3.49. The molecule has 28 heavy (non-hydrogen) atoms. The Labute approximate surface area is 157 Å². The van der Waals surface area contributed by atoms with Crippen LogP contribution < -0.4 is 10.6 Å². The molecule has 2 N–H and O–H groups in total. The van der Waals surface area contributed by atoms with E-state index in [4.69, 9.17) is 0 Å². The molecule has 0 saturated carbocycles. The first-order valence-corrected chi connectivity index (χ1v) is 8.07. The highest BCUT2D eigenvalue weighted by molar-refractivity contribution is 6.03. The molecule has 0 spiro atoms. The second-order valence-electron chi connectivity index (χ2n) is 5.88. The van der Waals surface area contributed by atoms with Crippen LogP contribution >= 0.6 is 0 Å². The van der Waals surface area contributed by atoms with Crippen molar-refractivity contribution in [2.24, 2.45) is 0 Å². The Morgan fingerprint density at radius 3 is 2.14 bits per heavy atom. The first-order valence-electron chi connectivity index (χ1n) is 8.07. The number of halogens is 4. The molecule has 1 aromatic heterocycles. The number of carbonyl (C=O) groups is 1. The van der Waals surface area contributed by atoms with E-state index in [1.807, 2.05) is 0 Å². The number of amides is 1.